The van der Waals surface area contributed by atoms with Gasteiger partial charge in [-0.05, 0) is 12.1 Å². The molecule has 20 heavy (non-hydrogen) atoms. The molecule has 0 aliphatic rings. The number of nitro benzene ring substituents is 1. The molecule has 104 valence electrons. The van der Waals surface area contributed by atoms with Crippen LogP contribution in [0.5, 0.6) is 0 Å². The van der Waals surface area contributed by atoms with Crippen molar-refractivity contribution in [3.8, 4) is 0 Å². The quantitative estimate of drug-likeness (QED) is 0.478. The average Bonchev–Trinajstić information content (AvgIpc) is 2.81. The van der Waals surface area contributed by atoms with Crippen LogP contribution in [0.4, 0.5) is 11.4 Å². The van der Waals surface area contributed by atoms with E-state index in [1.54, 1.807) is 6.92 Å². The van der Waals surface area contributed by atoms with Gasteiger partial charge in [-0.2, -0.15) is 4.98 Å². The molecule has 0 saturated heterocycles. The van der Waals surface area contributed by atoms with Crippen LogP contribution in [0.25, 0.3) is 0 Å². The Kier molecular flexibility index (Phi) is 3.60. The van der Waals surface area contributed by atoms with Crippen LogP contribution in [0.1, 0.15) is 22.1 Å². The number of hydrogen-bond acceptors (Lipinski definition) is 7. The molecule has 3 N–H and O–H groups in total. The van der Waals surface area contributed by atoms with Crippen LogP contribution in [0, 0.1) is 17.0 Å². The van der Waals surface area contributed by atoms with Gasteiger partial charge in [-0.1, -0.05) is 5.16 Å². The molecule has 2 aromatic rings. The number of aryl methyl sites for hydroxylation is 1. The van der Waals surface area contributed by atoms with Crippen LogP contribution in [0.2, 0.25) is 0 Å². The minimum atomic E-state index is -0.646. The smallest absolute Gasteiger partial charge is 0.282 e. The maximum atomic E-state index is 11.9. The predicted molar refractivity (Wildman–Crippen MR) is 67.7 cm³/mol. The van der Waals surface area contributed by atoms with Crippen molar-refractivity contribution in [3.63, 3.8) is 0 Å². The molecule has 0 atom stereocenters. The second-order valence-corrected chi connectivity index (χ2v) is 3.95. The zero-order valence-corrected chi connectivity index (χ0v) is 10.5. The molecule has 2 rings (SSSR count). The number of nitrogens with two attached hydrogens (primary N) is 1. The van der Waals surface area contributed by atoms with Crippen LogP contribution >= 0.6 is 0 Å². The molecule has 0 unspecified atom stereocenters. The molecular formula is C11H11N5O4. The zero-order valence-electron chi connectivity index (χ0n) is 10.5. The number of hydrogen-bond donors (Lipinski definition) is 2. The molecule has 1 amide bonds. The summed E-state index contributed by atoms with van der Waals surface area (Å²) < 4.78 is 4.74. The molecule has 0 spiro atoms. The lowest BCUT2D eigenvalue weighted by atomic mass is 10.1. The minimum absolute atomic E-state index is 0.00211. The van der Waals surface area contributed by atoms with Crippen LogP contribution in [-0.2, 0) is 6.54 Å². The number of nitrogen functional groups attached to an aromatic ring is 1. The van der Waals surface area contributed by atoms with Crippen molar-refractivity contribution in [1.82, 2.24) is 15.5 Å². The second-order valence-electron chi connectivity index (χ2n) is 3.95. The number of aromatic nitrogens is 2. The number of carbonyl (C=O) groups excluding carboxylic acids is 1. The lowest BCUT2D eigenvalue weighted by Gasteiger charge is -2.04. The Hall–Kier alpha value is -2.97. The normalized spacial score (nSPS) is 10.2. The first-order chi connectivity index (χ1) is 9.47. The maximum absolute atomic E-state index is 11.9. The number of anilines is 1. The highest BCUT2D eigenvalue weighted by Crippen LogP contribution is 2.21. The SMILES string of the molecule is Cc1nc(CNC(=O)c2cc(N)ccc2[N+](=O)[O-])no1. The zero-order chi connectivity index (χ0) is 14.7. The van der Waals surface area contributed by atoms with Gasteiger partial charge < -0.3 is 15.6 Å². The van der Waals surface area contributed by atoms with Crippen molar-refractivity contribution in [2.75, 3.05) is 5.73 Å². The Balaban J connectivity index is 2.16. The molecule has 0 saturated carbocycles. The van der Waals surface area contributed by atoms with Crippen LogP contribution < -0.4 is 11.1 Å². The first-order valence-electron chi connectivity index (χ1n) is 5.58. The van der Waals surface area contributed by atoms with E-state index in [0.29, 0.717) is 5.89 Å². The van der Waals surface area contributed by atoms with Crippen LogP contribution in [-0.4, -0.2) is 21.0 Å². The maximum Gasteiger partial charge on any atom is 0.282 e. The van der Waals surface area contributed by atoms with Crippen molar-refractivity contribution >= 4 is 17.3 Å². The second kappa shape index (κ2) is 5.34. The summed E-state index contributed by atoms with van der Waals surface area (Å²) in [5.74, 6) is 0.0121. The van der Waals surface area contributed by atoms with Crippen molar-refractivity contribution in [3.05, 3.63) is 45.6 Å². The highest BCUT2D eigenvalue weighted by molar-refractivity contribution is 5.98. The van der Waals surface area contributed by atoms with Gasteiger partial charge in [0, 0.05) is 18.7 Å². The van der Waals surface area contributed by atoms with E-state index in [0.717, 1.165) is 0 Å². The molecule has 9 heteroatoms. The number of benzene rings is 1. The molecule has 0 bridgehead atoms. The Bertz CT molecular complexity index is 667. The van der Waals surface area contributed by atoms with E-state index < -0.39 is 10.8 Å². The third kappa shape index (κ3) is 2.88. The van der Waals surface area contributed by atoms with E-state index >= 15 is 0 Å². The lowest BCUT2D eigenvalue weighted by Crippen LogP contribution is -2.24. The van der Waals surface area contributed by atoms with Crippen molar-refractivity contribution in [2.45, 2.75) is 13.5 Å². The number of nitrogens with one attached hydrogen (secondary N) is 1. The lowest BCUT2D eigenvalue weighted by molar-refractivity contribution is -0.385. The summed E-state index contributed by atoms with van der Waals surface area (Å²) in [4.78, 5) is 26.1. The van der Waals surface area contributed by atoms with Gasteiger partial charge in [0.15, 0.2) is 5.82 Å². The molecule has 0 aliphatic heterocycles. The number of nitrogens with zero attached hydrogens (tertiary/aromatic N) is 3. The first-order valence-corrected chi connectivity index (χ1v) is 5.58. The monoisotopic (exact) mass is 277 g/mol. The van der Waals surface area contributed by atoms with E-state index in [4.69, 9.17) is 10.3 Å². The fourth-order valence-corrected chi connectivity index (χ4v) is 1.56. The van der Waals surface area contributed by atoms with E-state index in [-0.39, 0.29) is 29.3 Å². The van der Waals surface area contributed by atoms with Gasteiger partial charge >= 0.3 is 0 Å². The van der Waals surface area contributed by atoms with Crippen molar-refractivity contribution < 1.29 is 14.2 Å². The Labute approximate surface area is 112 Å². The molecule has 9 nitrogen and oxygen atoms in total. The van der Waals surface area contributed by atoms with Gasteiger partial charge in [0.05, 0.1) is 11.5 Å². The largest absolute Gasteiger partial charge is 0.399 e. The third-order valence-electron chi connectivity index (χ3n) is 2.44. The Morgan fingerprint density at radius 3 is 2.90 bits per heavy atom. The van der Waals surface area contributed by atoms with Crippen LogP contribution in [0.3, 0.4) is 0 Å². The van der Waals surface area contributed by atoms with Crippen molar-refractivity contribution in [2.24, 2.45) is 0 Å². The third-order valence-corrected chi connectivity index (χ3v) is 2.44. The topological polar surface area (TPSA) is 137 Å². The van der Waals surface area contributed by atoms with E-state index in [1.165, 1.54) is 18.2 Å². The Morgan fingerprint density at radius 2 is 2.30 bits per heavy atom. The summed E-state index contributed by atoms with van der Waals surface area (Å²) in [5.41, 5.74) is 5.36. The summed E-state index contributed by atoms with van der Waals surface area (Å²) >= 11 is 0. The predicted octanol–water partition coefficient (Wildman–Crippen LogP) is 0.798. The number of amides is 1. The molecule has 0 fully saturated rings. The van der Waals surface area contributed by atoms with Crippen LogP contribution in [0.15, 0.2) is 22.7 Å². The summed E-state index contributed by atoms with van der Waals surface area (Å²) in [7, 11) is 0. The summed E-state index contributed by atoms with van der Waals surface area (Å²) in [6.45, 7) is 1.61. The van der Waals surface area contributed by atoms with E-state index in [2.05, 4.69) is 15.5 Å². The molecular weight excluding hydrogens is 266 g/mol. The Morgan fingerprint density at radius 1 is 1.55 bits per heavy atom. The highest BCUT2D eigenvalue weighted by atomic mass is 16.6. The summed E-state index contributed by atoms with van der Waals surface area (Å²) in [5, 5.41) is 16.9. The standard InChI is InChI=1S/C11H11N5O4/c1-6-14-10(15-20-6)5-13-11(17)8-4-7(12)2-3-9(8)16(18)19/h2-4H,5,12H2,1H3,(H,13,17). The van der Waals surface area contributed by atoms with Crippen molar-refractivity contribution in [1.29, 1.82) is 0 Å². The van der Waals surface area contributed by atoms with Gasteiger partial charge in [-0.25, -0.2) is 0 Å². The fraction of sp³-hybridized carbons (Fsp3) is 0.182. The number of nitro groups is 1. The van der Waals surface area contributed by atoms with Gasteiger partial charge in [0.25, 0.3) is 11.6 Å². The minimum Gasteiger partial charge on any atom is -0.399 e. The van der Waals surface area contributed by atoms with E-state index in [9.17, 15) is 14.9 Å². The molecule has 1 heterocycles. The molecule has 0 radical (unpaired) electrons. The fourth-order valence-electron chi connectivity index (χ4n) is 1.56. The van der Waals surface area contributed by atoms with Gasteiger partial charge in [-0.3, -0.25) is 14.9 Å². The van der Waals surface area contributed by atoms with Gasteiger partial charge in [0.2, 0.25) is 5.89 Å². The summed E-state index contributed by atoms with van der Waals surface area (Å²) in [6.07, 6.45) is 0. The van der Waals surface area contributed by atoms with E-state index in [1.807, 2.05) is 0 Å². The summed E-state index contributed by atoms with van der Waals surface area (Å²) in [6, 6.07) is 3.79. The van der Waals surface area contributed by atoms with Gasteiger partial charge in [-0.15, -0.1) is 0 Å². The average molecular weight is 277 g/mol. The first kappa shape index (κ1) is 13.5. The highest BCUT2D eigenvalue weighted by Gasteiger charge is 2.20. The van der Waals surface area contributed by atoms with Gasteiger partial charge in [0.1, 0.15) is 5.56 Å². The molecule has 1 aromatic heterocycles. The number of carbonyl (C=O) groups is 1. The number of rotatable bonds is 4. The molecule has 1 aromatic carbocycles. The molecule has 0 aliphatic carbocycles.